The van der Waals surface area contributed by atoms with Gasteiger partial charge in [0.05, 0.1) is 0 Å². The fourth-order valence-electron chi connectivity index (χ4n) is 2.37. The van der Waals surface area contributed by atoms with Gasteiger partial charge in [0.25, 0.3) is 0 Å². The molecule has 1 aromatic rings. The van der Waals surface area contributed by atoms with E-state index in [0.717, 1.165) is 16.7 Å². The van der Waals surface area contributed by atoms with Crippen LogP contribution < -0.4 is 10.1 Å². The lowest BCUT2D eigenvalue weighted by Crippen LogP contribution is -2.44. The van der Waals surface area contributed by atoms with Crippen LogP contribution in [0.25, 0.3) is 0 Å². The molecule has 0 aliphatic rings. The highest BCUT2D eigenvalue weighted by Gasteiger charge is 2.25. The van der Waals surface area contributed by atoms with Gasteiger partial charge in [-0.05, 0) is 63.4 Å². The Bertz CT molecular complexity index is 623. The molecular formula is C19H27NO5. The second-order valence-electron chi connectivity index (χ2n) is 6.88. The zero-order valence-electron chi connectivity index (χ0n) is 15.5. The lowest BCUT2D eigenvalue weighted by Gasteiger charge is -2.23. The van der Waals surface area contributed by atoms with E-state index in [0.29, 0.717) is 12.4 Å². The molecule has 138 valence electrons. The Balaban J connectivity index is 2.93. The van der Waals surface area contributed by atoms with Crippen molar-refractivity contribution in [3.05, 3.63) is 41.5 Å². The van der Waals surface area contributed by atoms with Crippen molar-refractivity contribution in [1.29, 1.82) is 0 Å². The molecule has 0 aliphatic heterocycles. The van der Waals surface area contributed by atoms with Gasteiger partial charge < -0.3 is 19.9 Å². The Hall–Kier alpha value is -2.50. The van der Waals surface area contributed by atoms with Gasteiger partial charge in [-0.15, -0.1) is 0 Å². The number of carbonyl (C=O) groups is 2. The number of benzene rings is 1. The molecule has 6 nitrogen and oxygen atoms in total. The summed E-state index contributed by atoms with van der Waals surface area (Å²) in [5.74, 6) is -0.415. The second-order valence-corrected chi connectivity index (χ2v) is 6.88. The summed E-state index contributed by atoms with van der Waals surface area (Å²) in [5.41, 5.74) is 1.96. The number of aryl methyl sites for hydroxylation is 2. The number of alkyl carbamates (subject to hydrolysis) is 1. The molecule has 0 radical (unpaired) electrons. The van der Waals surface area contributed by atoms with Crippen LogP contribution in [0.1, 0.15) is 37.5 Å². The quantitative estimate of drug-likeness (QED) is 0.737. The van der Waals surface area contributed by atoms with Crippen LogP contribution in [-0.4, -0.2) is 35.4 Å². The van der Waals surface area contributed by atoms with Gasteiger partial charge in [-0.2, -0.15) is 0 Å². The van der Waals surface area contributed by atoms with Crippen molar-refractivity contribution in [3.8, 4) is 5.75 Å². The molecule has 0 spiro atoms. The number of carboxylic acids is 1. The molecule has 0 saturated carbocycles. The van der Waals surface area contributed by atoms with Crippen molar-refractivity contribution < 1.29 is 24.2 Å². The van der Waals surface area contributed by atoms with Crippen LogP contribution in [0.2, 0.25) is 0 Å². The first-order chi connectivity index (χ1) is 11.5. The maximum atomic E-state index is 11.9. The zero-order chi connectivity index (χ0) is 19.2. The van der Waals surface area contributed by atoms with Crippen molar-refractivity contribution in [2.45, 2.75) is 52.7 Å². The number of amides is 1. The van der Waals surface area contributed by atoms with E-state index in [9.17, 15) is 14.7 Å². The Morgan fingerprint density at radius 3 is 2.28 bits per heavy atom. The predicted octanol–water partition coefficient (Wildman–Crippen LogP) is 3.39. The van der Waals surface area contributed by atoms with E-state index in [2.05, 4.69) is 11.9 Å². The zero-order valence-corrected chi connectivity index (χ0v) is 15.5. The van der Waals surface area contributed by atoms with Crippen LogP contribution in [0.4, 0.5) is 4.79 Å². The Labute approximate surface area is 148 Å². The predicted molar refractivity (Wildman–Crippen MR) is 96.1 cm³/mol. The standard InChI is InChI=1S/C19H27NO5/c1-7-8-24-14-9-12(2)15(13(3)10-14)11-16(17(21)22)20-18(23)25-19(4,5)6/h7,9-10,16H,1,8,11H2,2-6H3,(H,20,23)(H,21,22). The first kappa shape index (κ1) is 20.5. The number of rotatable bonds is 7. The van der Waals surface area contributed by atoms with Crippen LogP contribution in [0, 0.1) is 13.8 Å². The first-order valence-electron chi connectivity index (χ1n) is 8.09. The van der Waals surface area contributed by atoms with Gasteiger partial charge in [0.2, 0.25) is 0 Å². The van der Waals surface area contributed by atoms with Gasteiger partial charge >= 0.3 is 12.1 Å². The fraction of sp³-hybridized carbons (Fsp3) is 0.474. The highest BCUT2D eigenvalue weighted by Crippen LogP contribution is 2.23. The minimum atomic E-state index is -1.11. The van der Waals surface area contributed by atoms with Crippen LogP contribution in [0.15, 0.2) is 24.8 Å². The summed E-state index contributed by atoms with van der Waals surface area (Å²) in [6.45, 7) is 12.9. The lowest BCUT2D eigenvalue weighted by atomic mass is 9.96. The third-order valence-corrected chi connectivity index (χ3v) is 3.43. The maximum Gasteiger partial charge on any atom is 0.408 e. The fourth-order valence-corrected chi connectivity index (χ4v) is 2.37. The summed E-state index contributed by atoms with van der Waals surface area (Å²) in [4.78, 5) is 23.4. The molecule has 0 heterocycles. The van der Waals surface area contributed by atoms with Gasteiger partial charge in [0, 0.05) is 6.42 Å². The lowest BCUT2D eigenvalue weighted by molar-refractivity contribution is -0.139. The summed E-state index contributed by atoms with van der Waals surface area (Å²) in [5, 5.41) is 11.8. The van der Waals surface area contributed by atoms with Crippen LogP contribution in [-0.2, 0) is 16.0 Å². The van der Waals surface area contributed by atoms with E-state index in [-0.39, 0.29) is 6.42 Å². The second kappa shape index (κ2) is 8.55. The molecule has 1 aromatic carbocycles. The number of carboxylic acid groups (broad SMARTS) is 1. The van der Waals surface area contributed by atoms with Crippen molar-refractivity contribution in [3.63, 3.8) is 0 Å². The minimum absolute atomic E-state index is 0.161. The molecule has 1 atom stereocenters. The minimum Gasteiger partial charge on any atom is -0.490 e. The van der Waals surface area contributed by atoms with Crippen molar-refractivity contribution >= 4 is 12.1 Å². The Kier molecular flexibility index (Phi) is 7.03. The number of hydrogen-bond acceptors (Lipinski definition) is 4. The van der Waals surface area contributed by atoms with Gasteiger partial charge in [-0.1, -0.05) is 12.7 Å². The topological polar surface area (TPSA) is 84.9 Å². The van der Waals surface area contributed by atoms with Gasteiger partial charge in [0.15, 0.2) is 0 Å². The molecule has 1 unspecified atom stereocenters. The van der Waals surface area contributed by atoms with Crippen molar-refractivity contribution in [2.75, 3.05) is 6.61 Å². The number of nitrogens with one attached hydrogen (secondary N) is 1. The molecular weight excluding hydrogens is 322 g/mol. The normalized spacial score (nSPS) is 12.2. The van der Waals surface area contributed by atoms with Crippen molar-refractivity contribution in [1.82, 2.24) is 5.32 Å². The molecule has 1 amide bonds. The Morgan fingerprint density at radius 2 is 1.84 bits per heavy atom. The summed E-state index contributed by atoms with van der Waals surface area (Å²) >= 11 is 0. The van der Waals surface area contributed by atoms with E-state index in [1.165, 1.54) is 0 Å². The molecule has 0 saturated heterocycles. The Morgan fingerprint density at radius 1 is 1.28 bits per heavy atom. The summed E-state index contributed by atoms with van der Waals surface area (Å²) in [6.07, 6.45) is 1.07. The third kappa shape index (κ3) is 6.87. The average molecular weight is 349 g/mol. The highest BCUT2D eigenvalue weighted by molar-refractivity contribution is 5.80. The monoisotopic (exact) mass is 349 g/mol. The number of hydrogen-bond donors (Lipinski definition) is 2. The molecule has 0 bridgehead atoms. The molecule has 25 heavy (non-hydrogen) atoms. The van der Waals surface area contributed by atoms with E-state index in [1.54, 1.807) is 26.8 Å². The van der Waals surface area contributed by atoms with Gasteiger partial charge in [-0.25, -0.2) is 9.59 Å². The largest absolute Gasteiger partial charge is 0.490 e. The average Bonchev–Trinajstić information content (AvgIpc) is 2.45. The van der Waals surface area contributed by atoms with Crippen molar-refractivity contribution in [2.24, 2.45) is 0 Å². The SMILES string of the molecule is C=CCOc1cc(C)c(CC(NC(=O)OC(C)(C)C)C(=O)O)c(C)c1. The molecule has 0 fully saturated rings. The molecule has 0 aliphatic carbocycles. The van der Waals surface area contributed by atoms with Gasteiger partial charge in [0.1, 0.15) is 24.0 Å². The molecule has 6 heteroatoms. The molecule has 1 rings (SSSR count). The third-order valence-electron chi connectivity index (χ3n) is 3.43. The summed E-state index contributed by atoms with van der Waals surface area (Å²) in [7, 11) is 0. The van der Waals surface area contributed by atoms with E-state index in [4.69, 9.17) is 9.47 Å². The summed E-state index contributed by atoms with van der Waals surface area (Å²) in [6, 6.07) is 2.61. The maximum absolute atomic E-state index is 11.9. The van der Waals surface area contributed by atoms with E-state index < -0.39 is 23.7 Å². The molecule has 2 N–H and O–H groups in total. The van der Waals surface area contributed by atoms with E-state index >= 15 is 0 Å². The van der Waals surface area contributed by atoms with E-state index in [1.807, 2.05) is 26.0 Å². The number of ether oxygens (including phenoxy) is 2. The summed E-state index contributed by atoms with van der Waals surface area (Å²) < 4.78 is 10.7. The van der Waals surface area contributed by atoms with Crippen LogP contribution in [0.5, 0.6) is 5.75 Å². The highest BCUT2D eigenvalue weighted by atomic mass is 16.6. The number of carbonyl (C=O) groups excluding carboxylic acids is 1. The number of aliphatic carboxylic acids is 1. The smallest absolute Gasteiger partial charge is 0.408 e. The van der Waals surface area contributed by atoms with Crippen LogP contribution in [0.3, 0.4) is 0 Å². The van der Waals surface area contributed by atoms with Crippen LogP contribution >= 0.6 is 0 Å². The first-order valence-corrected chi connectivity index (χ1v) is 8.09. The van der Waals surface area contributed by atoms with Gasteiger partial charge in [-0.3, -0.25) is 0 Å². The molecule has 0 aromatic heterocycles.